The van der Waals surface area contributed by atoms with Crippen molar-refractivity contribution in [3.8, 4) is 0 Å². The van der Waals surface area contributed by atoms with Crippen LogP contribution in [-0.4, -0.2) is 41.8 Å². The van der Waals surface area contributed by atoms with Gasteiger partial charge in [-0.1, -0.05) is 42.5 Å². The van der Waals surface area contributed by atoms with Gasteiger partial charge in [0.15, 0.2) is 0 Å². The third-order valence-corrected chi connectivity index (χ3v) is 4.68. The number of carbonyl (C=O) groups excluding carboxylic acids is 2. The van der Waals surface area contributed by atoms with E-state index in [1.165, 1.54) is 0 Å². The van der Waals surface area contributed by atoms with Gasteiger partial charge in [0.05, 0.1) is 25.2 Å². The molecule has 0 bridgehead atoms. The van der Waals surface area contributed by atoms with E-state index in [-0.39, 0.29) is 30.9 Å². The number of rotatable bonds is 8. The highest BCUT2D eigenvalue weighted by Crippen LogP contribution is 2.32. The summed E-state index contributed by atoms with van der Waals surface area (Å²) in [5.74, 6) is 0.386. The number of hydrogen-bond acceptors (Lipinski definition) is 4. The van der Waals surface area contributed by atoms with Crippen LogP contribution in [0.5, 0.6) is 0 Å². The van der Waals surface area contributed by atoms with E-state index in [1.54, 1.807) is 6.08 Å². The molecule has 6 nitrogen and oxygen atoms in total. The van der Waals surface area contributed by atoms with E-state index < -0.39 is 12.2 Å². The van der Waals surface area contributed by atoms with Crippen LogP contribution < -0.4 is 10.6 Å². The maximum atomic E-state index is 12.1. The number of nitrogens with one attached hydrogen (secondary N) is 2. The second kappa shape index (κ2) is 8.96. The van der Waals surface area contributed by atoms with Gasteiger partial charge in [0, 0.05) is 13.0 Å². The second-order valence-corrected chi connectivity index (χ2v) is 6.99. The SMILES string of the molecule is O=C(C[C@@H]1C=C[C@@H](NC(=O)CC2CC2)[C@H](CO)O1)NCc1ccccc1. The van der Waals surface area contributed by atoms with Crippen LogP contribution in [-0.2, 0) is 20.9 Å². The summed E-state index contributed by atoms with van der Waals surface area (Å²) in [4.78, 5) is 24.1. The molecule has 0 aromatic heterocycles. The van der Waals surface area contributed by atoms with Crippen LogP contribution in [0.25, 0.3) is 0 Å². The summed E-state index contributed by atoms with van der Waals surface area (Å²) >= 11 is 0. The number of aliphatic hydroxyl groups excluding tert-OH is 1. The predicted octanol–water partition coefficient (Wildman–Crippen LogP) is 1.29. The lowest BCUT2D eigenvalue weighted by atomic mass is 10.0. The minimum atomic E-state index is -0.532. The van der Waals surface area contributed by atoms with Crippen LogP contribution in [0.15, 0.2) is 42.5 Å². The molecule has 1 aromatic rings. The molecule has 2 aliphatic rings. The zero-order valence-electron chi connectivity index (χ0n) is 14.8. The van der Waals surface area contributed by atoms with E-state index in [4.69, 9.17) is 4.74 Å². The Kier molecular flexibility index (Phi) is 6.41. The third-order valence-electron chi connectivity index (χ3n) is 4.68. The zero-order valence-corrected chi connectivity index (χ0v) is 14.8. The zero-order chi connectivity index (χ0) is 18.4. The maximum absolute atomic E-state index is 12.1. The Balaban J connectivity index is 1.45. The topological polar surface area (TPSA) is 87.7 Å². The molecule has 0 unspecified atom stereocenters. The average molecular weight is 358 g/mol. The minimum absolute atomic E-state index is 0.0109. The number of amides is 2. The maximum Gasteiger partial charge on any atom is 0.223 e. The monoisotopic (exact) mass is 358 g/mol. The molecule has 140 valence electrons. The average Bonchev–Trinajstić information content (AvgIpc) is 3.46. The van der Waals surface area contributed by atoms with Gasteiger partial charge >= 0.3 is 0 Å². The lowest BCUT2D eigenvalue weighted by Crippen LogP contribution is -2.49. The van der Waals surface area contributed by atoms with E-state index in [0.717, 1.165) is 18.4 Å². The smallest absolute Gasteiger partial charge is 0.223 e. The summed E-state index contributed by atoms with van der Waals surface area (Å²) < 4.78 is 5.78. The fraction of sp³-hybridized carbons (Fsp3) is 0.500. The highest BCUT2D eigenvalue weighted by atomic mass is 16.5. The lowest BCUT2D eigenvalue weighted by Gasteiger charge is -2.31. The van der Waals surface area contributed by atoms with Crippen LogP contribution in [0.1, 0.15) is 31.2 Å². The Labute approximate surface area is 153 Å². The quantitative estimate of drug-likeness (QED) is 0.611. The summed E-state index contributed by atoms with van der Waals surface area (Å²) in [5, 5.41) is 15.3. The Bertz CT molecular complexity index is 642. The summed E-state index contributed by atoms with van der Waals surface area (Å²) in [6.45, 7) is 0.264. The fourth-order valence-electron chi connectivity index (χ4n) is 3.02. The van der Waals surface area contributed by atoms with Gasteiger partial charge in [-0.15, -0.1) is 0 Å². The first-order valence-electron chi connectivity index (χ1n) is 9.18. The first kappa shape index (κ1) is 18.6. The Morgan fingerprint density at radius 2 is 1.85 bits per heavy atom. The lowest BCUT2D eigenvalue weighted by molar-refractivity contribution is -0.128. The standard InChI is InChI=1S/C20H26N2O4/c23-13-18-17(22-20(25)10-14-6-7-14)9-8-16(26-18)11-19(24)21-12-15-4-2-1-3-5-15/h1-5,8-9,14,16-18,23H,6-7,10-13H2,(H,21,24)(H,22,25)/t16-,17+,18-/m0/s1. The first-order chi connectivity index (χ1) is 12.6. The van der Waals surface area contributed by atoms with Gasteiger partial charge in [-0.2, -0.15) is 0 Å². The van der Waals surface area contributed by atoms with Gasteiger partial charge in [0.2, 0.25) is 11.8 Å². The van der Waals surface area contributed by atoms with Gasteiger partial charge in [0.25, 0.3) is 0 Å². The summed E-state index contributed by atoms with van der Waals surface area (Å²) in [7, 11) is 0. The van der Waals surface area contributed by atoms with Crippen molar-refractivity contribution in [2.75, 3.05) is 6.61 Å². The number of benzene rings is 1. The molecule has 1 saturated carbocycles. The Morgan fingerprint density at radius 1 is 1.08 bits per heavy atom. The van der Waals surface area contributed by atoms with Crippen molar-refractivity contribution < 1.29 is 19.4 Å². The fourth-order valence-corrected chi connectivity index (χ4v) is 3.02. The van der Waals surface area contributed by atoms with E-state index in [2.05, 4.69) is 10.6 Å². The Morgan fingerprint density at radius 3 is 2.54 bits per heavy atom. The summed E-state index contributed by atoms with van der Waals surface area (Å²) in [5.41, 5.74) is 1.03. The number of ether oxygens (including phenoxy) is 1. The second-order valence-electron chi connectivity index (χ2n) is 6.99. The molecule has 3 atom stereocenters. The molecule has 0 spiro atoms. The van der Waals surface area contributed by atoms with Gasteiger partial charge < -0.3 is 20.5 Å². The van der Waals surface area contributed by atoms with Crippen molar-refractivity contribution in [2.45, 2.75) is 50.5 Å². The van der Waals surface area contributed by atoms with Crippen molar-refractivity contribution in [1.82, 2.24) is 10.6 Å². The molecule has 3 N–H and O–H groups in total. The molecule has 0 radical (unpaired) electrons. The van der Waals surface area contributed by atoms with Crippen LogP contribution >= 0.6 is 0 Å². The molecular weight excluding hydrogens is 332 g/mol. The van der Waals surface area contributed by atoms with E-state index >= 15 is 0 Å². The molecule has 6 heteroatoms. The first-order valence-corrected chi connectivity index (χ1v) is 9.18. The van der Waals surface area contributed by atoms with Gasteiger partial charge in [-0.3, -0.25) is 9.59 Å². The van der Waals surface area contributed by atoms with Crippen molar-refractivity contribution in [2.24, 2.45) is 5.92 Å². The molecular formula is C20H26N2O4. The van der Waals surface area contributed by atoms with Crippen molar-refractivity contribution in [3.63, 3.8) is 0 Å². The van der Waals surface area contributed by atoms with Crippen LogP contribution in [0.3, 0.4) is 0 Å². The van der Waals surface area contributed by atoms with Crippen molar-refractivity contribution in [1.29, 1.82) is 0 Å². The predicted molar refractivity (Wildman–Crippen MR) is 97.1 cm³/mol. The van der Waals surface area contributed by atoms with Crippen LogP contribution in [0, 0.1) is 5.92 Å². The molecule has 1 aliphatic heterocycles. The number of carbonyl (C=O) groups is 2. The van der Waals surface area contributed by atoms with Crippen molar-refractivity contribution >= 4 is 11.8 Å². The molecule has 1 aliphatic carbocycles. The molecule has 1 fully saturated rings. The number of hydrogen-bond donors (Lipinski definition) is 3. The van der Waals surface area contributed by atoms with Gasteiger partial charge in [-0.05, 0) is 24.3 Å². The normalized spacial score (nSPS) is 24.9. The van der Waals surface area contributed by atoms with E-state index in [1.807, 2.05) is 36.4 Å². The summed E-state index contributed by atoms with van der Waals surface area (Å²) in [6.07, 6.45) is 5.63. The van der Waals surface area contributed by atoms with Crippen LogP contribution in [0.2, 0.25) is 0 Å². The van der Waals surface area contributed by atoms with Gasteiger partial charge in [-0.25, -0.2) is 0 Å². The molecule has 0 saturated heterocycles. The molecule has 2 amide bonds. The van der Waals surface area contributed by atoms with Crippen LogP contribution in [0.4, 0.5) is 0 Å². The van der Waals surface area contributed by atoms with E-state index in [0.29, 0.717) is 18.9 Å². The third kappa shape index (κ3) is 5.68. The number of aliphatic hydroxyl groups is 1. The van der Waals surface area contributed by atoms with Crippen molar-refractivity contribution in [3.05, 3.63) is 48.0 Å². The minimum Gasteiger partial charge on any atom is -0.394 e. The largest absolute Gasteiger partial charge is 0.394 e. The Hall–Kier alpha value is -2.18. The van der Waals surface area contributed by atoms with E-state index in [9.17, 15) is 14.7 Å². The highest BCUT2D eigenvalue weighted by molar-refractivity contribution is 5.77. The molecule has 3 rings (SSSR count). The van der Waals surface area contributed by atoms with Gasteiger partial charge in [0.1, 0.15) is 6.10 Å². The summed E-state index contributed by atoms with van der Waals surface area (Å²) in [6, 6.07) is 9.34. The highest BCUT2D eigenvalue weighted by Gasteiger charge is 2.31. The molecule has 1 aromatic carbocycles. The molecule has 26 heavy (non-hydrogen) atoms. The molecule has 1 heterocycles.